The molecule has 1 aromatic heterocycles. The standard InChI is InChI=1S/C17H14N2.C15H12Cl2O4S/c1-3-7-15(8-4-1)11-12-16-13-18-19(14-16)17-9-5-2-6-10-17;1-15(14(20)21)6-8(13(18)19)2-12(7-15)22-11-4-9(16)3-10(17)5-11/h1-14H;2-5,7H,6H2,1H3,(H,18,19)(H,20,21). The lowest BCUT2D eigenvalue weighted by Gasteiger charge is -2.26. The minimum absolute atomic E-state index is 0.0575. The topological polar surface area (TPSA) is 92.4 Å². The number of allylic oxidation sites excluding steroid dienone is 1. The Labute approximate surface area is 252 Å². The molecule has 0 bridgehead atoms. The Kier molecular flexibility index (Phi) is 9.89. The van der Waals surface area contributed by atoms with Crippen molar-refractivity contribution in [3.8, 4) is 5.69 Å². The predicted molar refractivity (Wildman–Crippen MR) is 165 cm³/mol. The molecule has 1 aliphatic rings. The van der Waals surface area contributed by atoms with Crippen molar-refractivity contribution in [3.05, 3.63) is 135 Å². The number of hydrogen-bond acceptors (Lipinski definition) is 4. The van der Waals surface area contributed by atoms with E-state index in [0.717, 1.165) is 11.3 Å². The highest BCUT2D eigenvalue weighted by Gasteiger charge is 2.36. The van der Waals surface area contributed by atoms with E-state index in [1.165, 1.54) is 30.3 Å². The van der Waals surface area contributed by atoms with Crippen molar-refractivity contribution in [2.45, 2.75) is 18.2 Å². The van der Waals surface area contributed by atoms with Crippen molar-refractivity contribution in [3.63, 3.8) is 0 Å². The molecule has 5 rings (SSSR count). The van der Waals surface area contributed by atoms with E-state index in [4.69, 9.17) is 23.2 Å². The molecule has 3 aromatic carbocycles. The summed E-state index contributed by atoms with van der Waals surface area (Å²) < 4.78 is 1.88. The van der Waals surface area contributed by atoms with Crippen molar-refractivity contribution in [2.75, 3.05) is 0 Å². The van der Waals surface area contributed by atoms with Gasteiger partial charge in [0.2, 0.25) is 0 Å². The Hall–Kier alpha value is -4.04. The van der Waals surface area contributed by atoms with Crippen molar-refractivity contribution in [1.82, 2.24) is 9.78 Å². The van der Waals surface area contributed by atoms with Gasteiger partial charge in [0.1, 0.15) is 0 Å². The van der Waals surface area contributed by atoms with Gasteiger partial charge in [-0.3, -0.25) is 4.79 Å². The molecule has 0 aliphatic heterocycles. The van der Waals surface area contributed by atoms with Crippen LogP contribution in [0.2, 0.25) is 10.0 Å². The molecule has 1 atom stereocenters. The Morgan fingerprint density at radius 1 is 0.927 bits per heavy atom. The average molecular weight is 606 g/mol. The van der Waals surface area contributed by atoms with E-state index in [2.05, 4.69) is 29.4 Å². The van der Waals surface area contributed by atoms with E-state index >= 15 is 0 Å². The van der Waals surface area contributed by atoms with Gasteiger partial charge < -0.3 is 10.2 Å². The average Bonchev–Trinajstić information content (AvgIpc) is 3.42. The molecule has 208 valence electrons. The fourth-order valence-corrected chi connectivity index (χ4v) is 5.80. The van der Waals surface area contributed by atoms with Gasteiger partial charge in [0.15, 0.2) is 0 Å². The highest BCUT2D eigenvalue weighted by Crippen LogP contribution is 2.41. The number of nitrogens with zero attached hydrogens (tertiary/aromatic N) is 2. The predicted octanol–water partition coefficient (Wildman–Crippen LogP) is 8.52. The molecule has 0 saturated heterocycles. The van der Waals surface area contributed by atoms with Gasteiger partial charge in [-0.15, -0.1) is 0 Å². The number of rotatable bonds is 7. The summed E-state index contributed by atoms with van der Waals surface area (Å²) in [5.74, 6) is -2.19. The van der Waals surface area contributed by atoms with Crippen molar-refractivity contribution >= 4 is 59.1 Å². The van der Waals surface area contributed by atoms with Crippen LogP contribution in [0.25, 0.3) is 17.8 Å². The third-order valence-corrected chi connectivity index (χ3v) is 7.44. The van der Waals surface area contributed by atoms with Crippen molar-refractivity contribution in [1.29, 1.82) is 0 Å². The quantitative estimate of drug-likeness (QED) is 0.219. The fraction of sp³-hybridized carbons (Fsp3) is 0.0938. The monoisotopic (exact) mass is 604 g/mol. The molecule has 0 spiro atoms. The largest absolute Gasteiger partial charge is 0.481 e. The number of carboxylic acids is 2. The smallest absolute Gasteiger partial charge is 0.331 e. The molecule has 1 aliphatic carbocycles. The van der Waals surface area contributed by atoms with Gasteiger partial charge in [-0.1, -0.05) is 102 Å². The molecule has 0 amide bonds. The Balaban J connectivity index is 0.000000191. The zero-order valence-corrected chi connectivity index (χ0v) is 24.3. The van der Waals surface area contributed by atoms with E-state index in [1.807, 2.05) is 65.6 Å². The lowest BCUT2D eigenvalue weighted by Crippen LogP contribution is -2.29. The van der Waals surface area contributed by atoms with Gasteiger partial charge in [0.25, 0.3) is 0 Å². The summed E-state index contributed by atoms with van der Waals surface area (Å²) in [4.78, 5) is 23.9. The molecule has 41 heavy (non-hydrogen) atoms. The van der Waals surface area contributed by atoms with Gasteiger partial charge in [-0.05, 0) is 55.3 Å². The van der Waals surface area contributed by atoms with E-state index in [9.17, 15) is 19.8 Å². The molecule has 1 heterocycles. The highest BCUT2D eigenvalue weighted by molar-refractivity contribution is 8.03. The molecule has 0 saturated carbocycles. The number of hydrogen-bond donors (Lipinski definition) is 2. The lowest BCUT2D eigenvalue weighted by molar-refractivity contribution is -0.145. The summed E-state index contributed by atoms with van der Waals surface area (Å²) in [6, 6.07) is 25.3. The van der Waals surface area contributed by atoms with E-state index < -0.39 is 17.4 Å². The maximum absolute atomic E-state index is 11.4. The van der Waals surface area contributed by atoms with Crippen LogP contribution in [-0.4, -0.2) is 31.9 Å². The lowest BCUT2D eigenvalue weighted by atomic mass is 9.80. The molecule has 6 nitrogen and oxygen atoms in total. The fourth-order valence-electron chi connectivity index (χ4n) is 3.98. The SMILES string of the molecule is C(=Cc1cnn(-c2ccccc2)c1)c1ccccc1.CC1(C(=O)O)C=C(Sc2cc(Cl)cc(Cl)c2)C=C(C(=O)O)C1. The third kappa shape index (κ3) is 8.47. The number of thioether (sulfide) groups is 1. The molecular formula is C32H26Cl2N2O4S. The first kappa shape index (κ1) is 29.9. The first-order chi connectivity index (χ1) is 19.6. The Bertz CT molecular complexity index is 1610. The molecule has 9 heteroatoms. The van der Waals surface area contributed by atoms with Gasteiger partial charge in [0, 0.05) is 37.2 Å². The zero-order chi connectivity index (χ0) is 29.4. The molecule has 1 unspecified atom stereocenters. The molecule has 0 radical (unpaired) electrons. The van der Waals surface area contributed by atoms with E-state index in [0.29, 0.717) is 19.8 Å². The summed E-state index contributed by atoms with van der Waals surface area (Å²) >= 11 is 13.1. The van der Waals surface area contributed by atoms with Crippen LogP contribution in [-0.2, 0) is 9.59 Å². The normalized spacial score (nSPS) is 16.4. The first-order valence-corrected chi connectivity index (χ1v) is 14.1. The van der Waals surface area contributed by atoms with Crippen LogP contribution in [0.5, 0.6) is 0 Å². The summed E-state index contributed by atoms with van der Waals surface area (Å²) in [5, 5.41) is 23.8. The van der Waals surface area contributed by atoms with Gasteiger partial charge in [-0.2, -0.15) is 5.10 Å². The second-order valence-corrected chi connectivity index (χ2v) is 11.4. The van der Waals surface area contributed by atoms with Gasteiger partial charge in [0.05, 0.1) is 17.3 Å². The maximum Gasteiger partial charge on any atom is 0.331 e. The van der Waals surface area contributed by atoms with Crippen LogP contribution < -0.4 is 0 Å². The van der Waals surface area contributed by atoms with Crippen LogP contribution in [0.1, 0.15) is 24.5 Å². The van der Waals surface area contributed by atoms with Crippen molar-refractivity contribution < 1.29 is 19.8 Å². The van der Waals surface area contributed by atoms with Crippen LogP contribution >= 0.6 is 35.0 Å². The second kappa shape index (κ2) is 13.5. The second-order valence-electron chi connectivity index (χ2n) is 9.43. The van der Waals surface area contributed by atoms with Gasteiger partial charge in [-0.25, -0.2) is 9.48 Å². The van der Waals surface area contributed by atoms with E-state index in [-0.39, 0.29) is 12.0 Å². The molecule has 4 aromatic rings. The van der Waals surface area contributed by atoms with Crippen LogP contribution in [0.3, 0.4) is 0 Å². The number of carboxylic acid groups (broad SMARTS) is 2. The number of halogens is 2. The minimum atomic E-state index is -1.26. The number of aromatic nitrogens is 2. The zero-order valence-electron chi connectivity index (χ0n) is 21.9. The molecule has 2 N–H and O–H groups in total. The number of para-hydroxylation sites is 1. The Morgan fingerprint density at radius 2 is 1.54 bits per heavy atom. The summed E-state index contributed by atoms with van der Waals surface area (Å²) in [6.07, 6.45) is 11.0. The number of carbonyl (C=O) groups is 2. The van der Waals surface area contributed by atoms with Crippen LogP contribution in [0.15, 0.2) is 119 Å². The molecular weight excluding hydrogens is 579 g/mol. The van der Waals surface area contributed by atoms with Crippen LogP contribution in [0.4, 0.5) is 0 Å². The van der Waals surface area contributed by atoms with Crippen molar-refractivity contribution in [2.24, 2.45) is 5.41 Å². The summed E-state index contributed by atoms with van der Waals surface area (Å²) in [6.45, 7) is 1.50. The van der Waals surface area contributed by atoms with Crippen LogP contribution in [0, 0.1) is 5.41 Å². The maximum atomic E-state index is 11.4. The minimum Gasteiger partial charge on any atom is -0.481 e. The first-order valence-electron chi connectivity index (χ1n) is 12.5. The summed E-state index contributed by atoms with van der Waals surface area (Å²) in [5.41, 5.74) is 2.15. The third-order valence-electron chi connectivity index (χ3n) is 6.06. The summed E-state index contributed by atoms with van der Waals surface area (Å²) in [7, 11) is 0. The molecule has 0 fully saturated rings. The van der Waals surface area contributed by atoms with E-state index in [1.54, 1.807) is 24.3 Å². The van der Waals surface area contributed by atoms with Gasteiger partial charge >= 0.3 is 11.9 Å². The number of aliphatic carboxylic acids is 2. The Morgan fingerprint density at radius 3 is 2.15 bits per heavy atom. The highest BCUT2D eigenvalue weighted by atomic mass is 35.5. The number of benzene rings is 3.